The zero-order valence-corrected chi connectivity index (χ0v) is 13.2. The van der Waals surface area contributed by atoms with Crippen LogP contribution >= 0.6 is 23.2 Å². The fourth-order valence-electron chi connectivity index (χ4n) is 2.19. The van der Waals surface area contributed by atoms with Gasteiger partial charge in [0.2, 0.25) is 5.91 Å². The third-order valence-electron chi connectivity index (χ3n) is 3.05. The highest BCUT2D eigenvalue weighted by atomic mass is 35.5. The Morgan fingerprint density at radius 2 is 1.64 bits per heavy atom. The first-order valence-electron chi connectivity index (χ1n) is 6.46. The molecule has 0 aromatic heterocycles. The summed E-state index contributed by atoms with van der Waals surface area (Å²) < 4.78 is 0. The summed E-state index contributed by atoms with van der Waals surface area (Å²) in [6, 6.07) is 11.7. The molecule has 2 aromatic carbocycles. The second-order valence-corrected chi connectivity index (χ2v) is 5.44. The number of nitrogens with zero attached hydrogens (tertiary/aromatic N) is 1. The number of para-hydroxylation sites is 2. The number of carbonyl (C=O) groups excluding carboxylic acids is 1. The summed E-state index contributed by atoms with van der Waals surface area (Å²) >= 11 is 12.4. The van der Waals surface area contributed by atoms with Crippen LogP contribution in [0.25, 0.3) is 0 Å². The van der Waals surface area contributed by atoms with Crippen molar-refractivity contribution < 1.29 is 14.7 Å². The van der Waals surface area contributed by atoms with Gasteiger partial charge in [0.1, 0.15) is 0 Å². The van der Waals surface area contributed by atoms with Gasteiger partial charge >= 0.3 is 5.97 Å². The van der Waals surface area contributed by atoms with Gasteiger partial charge in [-0.25, -0.2) is 0 Å². The number of carbonyl (C=O) groups is 2. The molecule has 22 heavy (non-hydrogen) atoms. The molecule has 1 N–H and O–H groups in total. The molecule has 0 saturated carbocycles. The number of rotatable bonds is 4. The van der Waals surface area contributed by atoms with E-state index >= 15 is 0 Å². The van der Waals surface area contributed by atoms with Gasteiger partial charge in [0.05, 0.1) is 27.8 Å². The van der Waals surface area contributed by atoms with E-state index in [0.717, 1.165) is 0 Å². The lowest BCUT2D eigenvalue weighted by molar-refractivity contribution is -0.136. The van der Waals surface area contributed by atoms with E-state index in [2.05, 4.69) is 0 Å². The Bertz CT molecular complexity index is 711. The molecule has 2 rings (SSSR count). The predicted molar refractivity (Wildman–Crippen MR) is 87.1 cm³/mol. The number of halogens is 2. The Labute approximate surface area is 137 Å². The van der Waals surface area contributed by atoms with Crippen LogP contribution in [0.2, 0.25) is 10.0 Å². The molecule has 0 saturated heterocycles. The number of hydrogen-bond donors (Lipinski definition) is 1. The second-order valence-electron chi connectivity index (χ2n) is 4.62. The van der Waals surface area contributed by atoms with Crippen LogP contribution in [0.5, 0.6) is 0 Å². The van der Waals surface area contributed by atoms with Crippen LogP contribution in [0.3, 0.4) is 0 Å². The van der Waals surface area contributed by atoms with Crippen LogP contribution in [0.1, 0.15) is 12.5 Å². The van der Waals surface area contributed by atoms with E-state index in [1.54, 1.807) is 42.5 Å². The minimum Gasteiger partial charge on any atom is -0.481 e. The fraction of sp³-hybridized carbons (Fsp3) is 0.125. The van der Waals surface area contributed by atoms with Gasteiger partial charge in [0.15, 0.2) is 0 Å². The maximum absolute atomic E-state index is 12.1. The van der Waals surface area contributed by atoms with Crippen molar-refractivity contribution in [2.75, 3.05) is 4.90 Å². The van der Waals surface area contributed by atoms with Crippen molar-refractivity contribution in [1.82, 2.24) is 0 Å². The van der Waals surface area contributed by atoms with Crippen molar-refractivity contribution in [3.63, 3.8) is 0 Å². The molecule has 4 nitrogen and oxygen atoms in total. The van der Waals surface area contributed by atoms with Crippen LogP contribution < -0.4 is 4.90 Å². The summed E-state index contributed by atoms with van der Waals surface area (Å²) in [6.07, 6.45) is -0.206. The molecule has 0 aliphatic rings. The van der Waals surface area contributed by atoms with Crippen molar-refractivity contribution in [2.45, 2.75) is 13.3 Å². The Hall–Kier alpha value is -2.04. The Balaban J connectivity index is 2.64. The molecule has 114 valence electrons. The minimum absolute atomic E-state index is 0.206. The molecular weight excluding hydrogens is 325 g/mol. The van der Waals surface area contributed by atoms with Gasteiger partial charge in [-0.15, -0.1) is 0 Å². The number of benzene rings is 2. The number of carboxylic acids is 1. The molecule has 0 bridgehead atoms. The molecule has 0 unspecified atom stereocenters. The average Bonchev–Trinajstić information content (AvgIpc) is 2.43. The van der Waals surface area contributed by atoms with Gasteiger partial charge in [-0.3, -0.25) is 14.5 Å². The molecule has 0 aliphatic heterocycles. The molecular formula is C16H13Cl2NO3. The SMILES string of the molecule is CC(=O)N(c1ccccc1CC(=O)O)c1c(Cl)cccc1Cl. The lowest BCUT2D eigenvalue weighted by Gasteiger charge is -2.25. The average molecular weight is 338 g/mol. The van der Waals surface area contributed by atoms with Gasteiger partial charge < -0.3 is 5.11 Å². The van der Waals surface area contributed by atoms with Gasteiger partial charge in [-0.2, -0.15) is 0 Å². The van der Waals surface area contributed by atoms with Gasteiger partial charge in [-0.1, -0.05) is 47.5 Å². The lowest BCUT2D eigenvalue weighted by atomic mass is 10.1. The normalized spacial score (nSPS) is 10.3. The monoisotopic (exact) mass is 337 g/mol. The Morgan fingerprint density at radius 1 is 1.05 bits per heavy atom. The standard InChI is InChI=1S/C16H13Cl2NO3/c1-10(20)19(16-12(17)6-4-7-13(16)18)14-8-3-2-5-11(14)9-15(21)22/h2-8H,9H2,1H3,(H,21,22). The first-order valence-corrected chi connectivity index (χ1v) is 7.22. The number of aliphatic carboxylic acids is 1. The molecule has 0 fully saturated rings. The number of amides is 1. The van der Waals surface area contributed by atoms with Gasteiger partial charge in [0, 0.05) is 6.92 Å². The Morgan fingerprint density at radius 3 is 2.18 bits per heavy atom. The van der Waals surface area contributed by atoms with Crippen LogP contribution in [0.15, 0.2) is 42.5 Å². The minimum atomic E-state index is -0.985. The highest BCUT2D eigenvalue weighted by Crippen LogP contribution is 2.39. The summed E-state index contributed by atoms with van der Waals surface area (Å²) in [5.41, 5.74) is 1.30. The van der Waals surface area contributed by atoms with Crippen LogP contribution in [-0.4, -0.2) is 17.0 Å². The van der Waals surface area contributed by atoms with E-state index in [0.29, 0.717) is 27.0 Å². The van der Waals surface area contributed by atoms with E-state index in [-0.39, 0.29) is 12.3 Å². The largest absolute Gasteiger partial charge is 0.481 e. The van der Waals surface area contributed by atoms with E-state index in [9.17, 15) is 9.59 Å². The zero-order valence-electron chi connectivity index (χ0n) is 11.7. The van der Waals surface area contributed by atoms with Crippen molar-refractivity contribution in [3.05, 3.63) is 58.1 Å². The predicted octanol–water partition coefficient (Wildman–Crippen LogP) is 4.31. The van der Waals surface area contributed by atoms with Gasteiger partial charge in [0.25, 0.3) is 0 Å². The molecule has 6 heteroatoms. The van der Waals surface area contributed by atoms with Crippen molar-refractivity contribution in [3.8, 4) is 0 Å². The molecule has 0 heterocycles. The molecule has 0 spiro atoms. The highest BCUT2D eigenvalue weighted by molar-refractivity contribution is 6.40. The summed E-state index contributed by atoms with van der Waals surface area (Å²) in [7, 11) is 0. The molecule has 0 aliphatic carbocycles. The van der Waals surface area contributed by atoms with E-state index in [1.807, 2.05) is 0 Å². The van der Waals surface area contributed by atoms with Crippen LogP contribution in [0, 0.1) is 0 Å². The van der Waals surface area contributed by atoms with Gasteiger partial charge in [-0.05, 0) is 23.8 Å². The first-order chi connectivity index (χ1) is 10.4. The number of anilines is 2. The first kappa shape index (κ1) is 16.3. The quantitative estimate of drug-likeness (QED) is 0.904. The highest BCUT2D eigenvalue weighted by Gasteiger charge is 2.22. The molecule has 0 radical (unpaired) electrons. The molecule has 2 aromatic rings. The van der Waals surface area contributed by atoms with Crippen LogP contribution in [-0.2, 0) is 16.0 Å². The summed E-state index contributed by atoms with van der Waals surface area (Å²) in [5, 5.41) is 9.66. The smallest absolute Gasteiger partial charge is 0.307 e. The maximum atomic E-state index is 12.1. The topological polar surface area (TPSA) is 57.6 Å². The van der Waals surface area contributed by atoms with E-state index in [4.69, 9.17) is 28.3 Å². The molecule has 1 amide bonds. The number of hydrogen-bond acceptors (Lipinski definition) is 2. The summed E-state index contributed by atoms with van der Waals surface area (Å²) in [4.78, 5) is 24.5. The maximum Gasteiger partial charge on any atom is 0.307 e. The van der Waals surface area contributed by atoms with Crippen LogP contribution in [0.4, 0.5) is 11.4 Å². The van der Waals surface area contributed by atoms with E-state index < -0.39 is 5.97 Å². The molecule has 0 atom stereocenters. The van der Waals surface area contributed by atoms with Crippen molar-refractivity contribution in [1.29, 1.82) is 0 Å². The third kappa shape index (κ3) is 3.40. The number of carboxylic acid groups (broad SMARTS) is 1. The summed E-state index contributed by atoms with van der Waals surface area (Å²) in [5.74, 6) is -1.30. The fourth-order valence-corrected chi connectivity index (χ4v) is 2.76. The third-order valence-corrected chi connectivity index (χ3v) is 3.66. The Kier molecular flexibility index (Phi) is 5.06. The van der Waals surface area contributed by atoms with Crippen molar-refractivity contribution >= 4 is 46.5 Å². The second kappa shape index (κ2) is 6.81. The van der Waals surface area contributed by atoms with E-state index in [1.165, 1.54) is 11.8 Å². The summed E-state index contributed by atoms with van der Waals surface area (Å²) in [6.45, 7) is 1.37. The van der Waals surface area contributed by atoms with Crippen molar-refractivity contribution in [2.24, 2.45) is 0 Å². The zero-order chi connectivity index (χ0) is 16.3. The lowest BCUT2D eigenvalue weighted by Crippen LogP contribution is -2.25.